The van der Waals surface area contributed by atoms with Gasteiger partial charge in [0, 0.05) is 4.47 Å². The maximum absolute atomic E-state index is 8.81. The van der Waals surface area contributed by atoms with Crippen molar-refractivity contribution in [1.82, 2.24) is 10.2 Å². The molecule has 7 heteroatoms. The van der Waals surface area contributed by atoms with Crippen LogP contribution < -0.4 is 4.74 Å². The summed E-state index contributed by atoms with van der Waals surface area (Å²) in [5, 5.41) is 17.1. The largest absolute Gasteiger partial charge is 0.482 e. The van der Waals surface area contributed by atoms with E-state index in [0.717, 1.165) is 10.0 Å². The molecule has 0 bridgehead atoms. The number of hydrogen-bond acceptors (Lipinski definition) is 5. The first kappa shape index (κ1) is 15.5. The number of aromatic nitrogens is 2. The molecule has 0 aliphatic carbocycles. The summed E-state index contributed by atoms with van der Waals surface area (Å²) in [6.07, 6.45) is 0. The van der Waals surface area contributed by atoms with Gasteiger partial charge in [-0.1, -0.05) is 23.7 Å². The van der Waals surface area contributed by atoms with Crippen LogP contribution in [0.4, 0.5) is 0 Å². The summed E-state index contributed by atoms with van der Waals surface area (Å²) in [4.78, 5) is 0. The maximum atomic E-state index is 8.81. The van der Waals surface area contributed by atoms with Gasteiger partial charge in [0.1, 0.15) is 5.75 Å². The number of hydrogen-bond donors (Lipinski definition) is 0. The van der Waals surface area contributed by atoms with Crippen LogP contribution in [0.15, 0.2) is 51.4 Å². The van der Waals surface area contributed by atoms with Gasteiger partial charge in [-0.2, -0.15) is 5.26 Å². The van der Waals surface area contributed by atoms with Gasteiger partial charge in [-0.25, -0.2) is 0 Å². The van der Waals surface area contributed by atoms with Crippen molar-refractivity contribution in [3.05, 3.63) is 63.4 Å². The lowest BCUT2D eigenvalue weighted by atomic mass is 10.2. The minimum absolute atomic E-state index is 0.0864. The highest BCUT2D eigenvalue weighted by atomic mass is 79.9. The Bertz CT molecular complexity index is 889. The second-order valence-corrected chi connectivity index (χ2v) is 5.79. The average molecular weight is 391 g/mol. The predicted molar refractivity (Wildman–Crippen MR) is 87.9 cm³/mol. The van der Waals surface area contributed by atoms with Crippen molar-refractivity contribution in [3.63, 3.8) is 0 Å². The molecule has 5 nitrogen and oxygen atoms in total. The van der Waals surface area contributed by atoms with Crippen LogP contribution >= 0.6 is 27.5 Å². The van der Waals surface area contributed by atoms with Crippen molar-refractivity contribution in [2.75, 3.05) is 0 Å². The van der Waals surface area contributed by atoms with Crippen LogP contribution in [0.5, 0.6) is 5.75 Å². The maximum Gasteiger partial charge on any atom is 0.254 e. The molecule has 0 saturated heterocycles. The molecule has 0 unspecified atom stereocenters. The number of halogens is 2. The molecule has 114 valence electrons. The Kier molecular flexibility index (Phi) is 4.60. The van der Waals surface area contributed by atoms with Crippen LogP contribution in [0, 0.1) is 11.3 Å². The zero-order chi connectivity index (χ0) is 16.2. The molecule has 1 heterocycles. The Morgan fingerprint density at radius 1 is 1.22 bits per heavy atom. The summed E-state index contributed by atoms with van der Waals surface area (Å²) >= 11 is 9.49. The molecule has 2 aromatic carbocycles. The van der Waals surface area contributed by atoms with E-state index in [0.29, 0.717) is 28.1 Å². The molecule has 0 aliphatic heterocycles. The fourth-order valence-electron chi connectivity index (χ4n) is 1.88. The zero-order valence-corrected chi connectivity index (χ0v) is 14.0. The van der Waals surface area contributed by atoms with Crippen LogP contribution in [0.1, 0.15) is 11.5 Å². The molecule has 3 rings (SSSR count). The summed E-state index contributed by atoms with van der Waals surface area (Å²) in [7, 11) is 0. The Hall–Kier alpha value is -2.36. The summed E-state index contributed by atoms with van der Waals surface area (Å²) in [5.74, 6) is 1.18. The van der Waals surface area contributed by atoms with Crippen molar-refractivity contribution in [1.29, 1.82) is 5.26 Å². The highest BCUT2D eigenvalue weighted by molar-refractivity contribution is 9.10. The Morgan fingerprint density at radius 3 is 2.78 bits per heavy atom. The Balaban J connectivity index is 1.73. The number of nitriles is 1. The van der Waals surface area contributed by atoms with Crippen molar-refractivity contribution < 1.29 is 9.15 Å². The third-order valence-electron chi connectivity index (χ3n) is 2.98. The first-order valence-electron chi connectivity index (χ1n) is 6.57. The summed E-state index contributed by atoms with van der Waals surface area (Å²) in [6, 6.07) is 14.4. The number of nitrogens with zero attached hydrogens (tertiary/aromatic N) is 3. The van der Waals surface area contributed by atoms with Gasteiger partial charge in [0.2, 0.25) is 5.89 Å². The Labute approximate surface area is 145 Å². The number of rotatable bonds is 4. The van der Waals surface area contributed by atoms with Gasteiger partial charge >= 0.3 is 0 Å². The lowest BCUT2D eigenvalue weighted by Gasteiger charge is -2.05. The van der Waals surface area contributed by atoms with E-state index in [2.05, 4.69) is 26.1 Å². The van der Waals surface area contributed by atoms with Crippen LogP contribution in [0.3, 0.4) is 0 Å². The van der Waals surface area contributed by atoms with Crippen LogP contribution in [0.25, 0.3) is 11.5 Å². The quantitative estimate of drug-likeness (QED) is 0.651. The lowest BCUT2D eigenvalue weighted by molar-refractivity contribution is 0.264. The fraction of sp³-hybridized carbons (Fsp3) is 0.0625. The van der Waals surface area contributed by atoms with Crippen LogP contribution in [0.2, 0.25) is 5.02 Å². The standard InChI is InChI=1S/C16H9BrClN3O2/c17-12-4-2-1-3-11(12)16-21-20-15(23-16)9-22-14-6-5-10(8-19)7-13(14)18/h1-7H,9H2. The lowest BCUT2D eigenvalue weighted by Crippen LogP contribution is -1.96. The number of ether oxygens (including phenoxy) is 1. The molecule has 3 aromatic rings. The zero-order valence-electron chi connectivity index (χ0n) is 11.7. The second kappa shape index (κ2) is 6.82. The molecule has 0 spiro atoms. The molecule has 0 N–H and O–H groups in total. The van der Waals surface area contributed by atoms with Crippen LogP contribution in [-0.2, 0) is 6.61 Å². The predicted octanol–water partition coefficient (Wildman–Crippen LogP) is 4.60. The van der Waals surface area contributed by atoms with Crippen molar-refractivity contribution in [2.45, 2.75) is 6.61 Å². The van der Waals surface area contributed by atoms with E-state index in [1.54, 1.807) is 12.1 Å². The van der Waals surface area contributed by atoms with Crippen molar-refractivity contribution in [3.8, 4) is 23.3 Å². The van der Waals surface area contributed by atoms with Crippen molar-refractivity contribution in [2.24, 2.45) is 0 Å². The molecule has 0 amide bonds. The third-order valence-corrected chi connectivity index (χ3v) is 3.97. The van der Waals surface area contributed by atoms with E-state index in [9.17, 15) is 0 Å². The minimum atomic E-state index is 0.0864. The third kappa shape index (κ3) is 3.52. The first-order valence-corrected chi connectivity index (χ1v) is 7.74. The fourth-order valence-corrected chi connectivity index (χ4v) is 2.57. The molecule has 1 aromatic heterocycles. The van der Waals surface area contributed by atoms with E-state index < -0.39 is 0 Å². The van der Waals surface area contributed by atoms with Gasteiger partial charge < -0.3 is 9.15 Å². The van der Waals surface area contributed by atoms with Gasteiger partial charge in [0.25, 0.3) is 5.89 Å². The molecular formula is C16H9BrClN3O2. The normalized spacial score (nSPS) is 10.3. The molecule has 0 atom stereocenters. The van der Waals surface area contributed by atoms with Crippen molar-refractivity contribution >= 4 is 27.5 Å². The molecule has 0 aliphatic rings. The molecule has 0 saturated carbocycles. The van der Waals surface area contributed by atoms with Gasteiger partial charge in [-0.3, -0.25) is 0 Å². The number of benzene rings is 2. The topological polar surface area (TPSA) is 71.9 Å². The van der Waals surface area contributed by atoms with E-state index in [1.165, 1.54) is 6.07 Å². The molecule has 0 fully saturated rings. The highest BCUT2D eigenvalue weighted by Gasteiger charge is 2.12. The van der Waals surface area contributed by atoms with E-state index in [1.807, 2.05) is 30.3 Å². The summed E-state index contributed by atoms with van der Waals surface area (Å²) in [5.41, 5.74) is 1.28. The summed E-state index contributed by atoms with van der Waals surface area (Å²) < 4.78 is 12.0. The van der Waals surface area contributed by atoms with E-state index >= 15 is 0 Å². The second-order valence-electron chi connectivity index (χ2n) is 4.53. The molecular weight excluding hydrogens is 382 g/mol. The Morgan fingerprint density at radius 2 is 2.04 bits per heavy atom. The summed E-state index contributed by atoms with van der Waals surface area (Å²) in [6.45, 7) is 0.0864. The minimum Gasteiger partial charge on any atom is -0.482 e. The SMILES string of the molecule is N#Cc1ccc(OCc2nnc(-c3ccccc3Br)o2)c(Cl)c1. The highest BCUT2D eigenvalue weighted by Crippen LogP contribution is 2.28. The van der Waals surface area contributed by atoms with Crippen LogP contribution in [-0.4, -0.2) is 10.2 Å². The van der Waals surface area contributed by atoms with E-state index in [4.69, 9.17) is 26.0 Å². The molecule has 23 heavy (non-hydrogen) atoms. The van der Waals surface area contributed by atoms with E-state index in [-0.39, 0.29) is 6.61 Å². The van der Waals surface area contributed by atoms with Gasteiger partial charge in [-0.05, 0) is 46.3 Å². The van der Waals surface area contributed by atoms with Gasteiger partial charge in [-0.15, -0.1) is 10.2 Å². The van der Waals surface area contributed by atoms with Gasteiger partial charge in [0.05, 0.1) is 22.2 Å². The first-order chi connectivity index (χ1) is 11.2. The smallest absolute Gasteiger partial charge is 0.254 e. The van der Waals surface area contributed by atoms with Gasteiger partial charge in [0.15, 0.2) is 6.61 Å². The molecule has 0 radical (unpaired) electrons. The average Bonchev–Trinajstić information content (AvgIpc) is 3.02. The monoisotopic (exact) mass is 389 g/mol.